The minimum Gasteiger partial charge on any atom is -0.726 e. The quantitative estimate of drug-likeness (QED) is 0.0340. The Kier molecular flexibility index (Phi) is 17.4. The molecule has 0 radical (unpaired) electrons. The van der Waals surface area contributed by atoms with Crippen molar-refractivity contribution in [2.75, 3.05) is 19.8 Å². The maximum absolute atomic E-state index is 12.1. The van der Waals surface area contributed by atoms with Gasteiger partial charge in [0.15, 0.2) is 24.7 Å². The van der Waals surface area contributed by atoms with Gasteiger partial charge in [-0.15, -0.1) is 0 Å². The van der Waals surface area contributed by atoms with E-state index in [0.29, 0.717) is 43.4 Å². The number of hydrogen-bond acceptors (Lipinski definition) is 21. The van der Waals surface area contributed by atoms with E-state index in [-0.39, 0.29) is 70.9 Å². The van der Waals surface area contributed by atoms with Crippen LogP contribution in [0.2, 0.25) is 0 Å². The molecular formula is C45H73NaO21S. The molecule has 8 rings (SSSR count). The van der Waals surface area contributed by atoms with Crippen LogP contribution in [0.1, 0.15) is 92.4 Å². The van der Waals surface area contributed by atoms with Crippen molar-refractivity contribution in [3.63, 3.8) is 0 Å². The van der Waals surface area contributed by atoms with Gasteiger partial charge in [0.25, 0.3) is 0 Å². The van der Waals surface area contributed by atoms with Crippen LogP contribution < -0.4 is 29.6 Å². The second-order valence-electron chi connectivity index (χ2n) is 21.5. The van der Waals surface area contributed by atoms with Crippen LogP contribution in [0.3, 0.4) is 0 Å². The summed E-state index contributed by atoms with van der Waals surface area (Å²) < 4.78 is 81.5. The molecule has 26 atom stereocenters. The smallest absolute Gasteiger partial charge is 0.726 e. The van der Waals surface area contributed by atoms with Gasteiger partial charge in [0.05, 0.1) is 38.1 Å². The van der Waals surface area contributed by atoms with Crippen molar-refractivity contribution in [1.82, 2.24) is 0 Å². The fourth-order valence-electron chi connectivity index (χ4n) is 13.7. The molecule has 0 unspecified atom stereocenters. The van der Waals surface area contributed by atoms with Gasteiger partial charge in [-0.2, -0.15) is 0 Å². The van der Waals surface area contributed by atoms with E-state index >= 15 is 0 Å². The van der Waals surface area contributed by atoms with Crippen LogP contribution in [0, 0.1) is 46.3 Å². The fraction of sp³-hybridized carbons (Fsp3) is 0.956. The molecule has 23 heteroatoms. The average Bonchev–Trinajstić information content (AvgIpc) is 3.72. The summed E-state index contributed by atoms with van der Waals surface area (Å²) in [5, 5.41) is 105. The van der Waals surface area contributed by atoms with Crippen LogP contribution in [-0.2, 0) is 47.7 Å². The summed E-state index contributed by atoms with van der Waals surface area (Å²) in [6, 6.07) is 0. The van der Waals surface area contributed by atoms with Crippen molar-refractivity contribution in [3.8, 4) is 0 Å². The van der Waals surface area contributed by atoms with E-state index in [1.165, 1.54) is 12.5 Å². The largest absolute Gasteiger partial charge is 1.00 e. The molecule has 68 heavy (non-hydrogen) atoms. The summed E-state index contributed by atoms with van der Waals surface area (Å²) in [7, 11) is -5.41. The molecule has 4 aliphatic heterocycles. The third kappa shape index (κ3) is 10.3. The van der Waals surface area contributed by atoms with Crippen LogP contribution in [0.5, 0.6) is 0 Å². The van der Waals surface area contributed by atoms with Gasteiger partial charge in [0, 0.05) is 12.3 Å². The number of aliphatic hydroxyl groups is 10. The maximum Gasteiger partial charge on any atom is 1.00 e. The van der Waals surface area contributed by atoms with Crippen LogP contribution in [0.4, 0.5) is 0 Å². The van der Waals surface area contributed by atoms with Crippen LogP contribution in [-0.4, -0.2) is 194 Å². The van der Waals surface area contributed by atoms with Crippen LogP contribution in [0.15, 0.2) is 11.6 Å². The van der Waals surface area contributed by atoms with Crippen molar-refractivity contribution >= 4 is 10.4 Å². The number of allylic oxidation sites excluding steroid dienone is 1. The van der Waals surface area contributed by atoms with Crippen LogP contribution >= 0.6 is 0 Å². The summed E-state index contributed by atoms with van der Waals surface area (Å²) in [5.74, 6) is -0.305. The Hall–Kier alpha value is -0.0700. The second kappa shape index (κ2) is 21.3. The molecular weight excluding hydrogens is 932 g/mol. The van der Waals surface area contributed by atoms with Gasteiger partial charge in [-0.1, -0.05) is 39.3 Å². The Morgan fingerprint density at radius 3 is 2.15 bits per heavy atom. The van der Waals surface area contributed by atoms with Crippen molar-refractivity contribution in [2.45, 2.75) is 203 Å². The van der Waals surface area contributed by atoms with Gasteiger partial charge in [-0.05, 0) is 98.7 Å². The normalized spacial score (nSPS) is 51.9. The summed E-state index contributed by atoms with van der Waals surface area (Å²) >= 11 is 0. The van der Waals surface area contributed by atoms with E-state index in [9.17, 15) is 64.0 Å². The first-order chi connectivity index (χ1) is 31.4. The molecule has 21 nitrogen and oxygen atoms in total. The van der Waals surface area contributed by atoms with E-state index in [2.05, 4.69) is 31.0 Å². The first-order valence-corrected chi connectivity index (χ1v) is 25.4. The summed E-state index contributed by atoms with van der Waals surface area (Å²) in [5.41, 5.74) is 0.994. The number of fused-ring (bicyclic) bond motifs is 7. The average molecular weight is 1010 g/mol. The van der Waals surface area contributed by atoms with Gasteiger partial charge >= 0.3 is 29.6 Å². The summed E-state index contributed by atoms with van der Waals surface area (Å²) in [6.07, 6.45) is -14.9. The third-order valence-corrected chi connectivity index (χ3v) is 18.0. The SMILES string of the molecule is C[C@H](CC[C@@]1(O)O[C@H]2C[C@H]3[C@@H]4CC=C5C[C@@H](O[C@@H]6O[C@H](CO)[C@@H](OS(=O)(=O)[O-])[C@H](O)[C@H]6O[C@@H]6O[C@@H](C)[C@H](O)[C@@H](O)[C@H]6O)CC[C@]5(C)[C@H]4CC[C@]3(C)[C@H]2[C@@H]1C)CO[C@@H]1O[C@H](CO)[C@@H](O)[C@H](O)[C@H]1O.[Na+]. The van der Waals surface area contributed by atoms with E-state index in [4.69, 9.17) is 33.2 Å². The molecule has 3 saturated carbocycles. The van der Waals surface area contributed by atoms with E-state index < -0.39 is 128 Å². The molecule has 4 aliphatic carbocycles. The van der Waals surface area contributed by atoms with Crippen molar-refractivity contribution in [3.05, 3.63) is 11.6 Å². The van der Waals surface area contributed by atoms with Crippen LogP contribution in [0.25, 0.3) is 0 Å². The Balaban J connectivity index is 0.00000684. The van der Waals surface area contributed by atoms with Crippen molar-refractivity contribution in [1.29, 1.82) is 0 Å². The zero-order valence-corrected chi connectivity index (χ0v) is 42.5. The Morgan fingerprint density at radius 2 is 1.47 bits per heavy atom. The molecule has 0 bridgehead atoms. The van der Waals surface area contributed by atoms with Gasteiger partial charge < -0.3 is 88.8 Å². The molecule has 4 heterocycles. The van der Waals surface area contributed by atoms with Gasteiger partial charge in [0.2, 0.25) is 10.4 Å². The predicted octanol–water partition coefficient (Wildman–Crippen LogP) is -4.34. The van der Waals surface area contributed by atoms with Crippen molar-refractivity contribution < 1.29 is 131 Å². The minimum atomic E-state index is -5.41. The van der Waals surface area contributed by atoms with Crippen molar-refractivity contribution in [2.24, 2.45) is 46.3 Å². The number of rotatable bonds is 14. The summed E-state index contributed by atoms with van der Waals surface area (Å²) in [4.78, 5) is 0. The summed E-state index contributed by atoms with van der Waals surface area (Å²) in [6.45, 7) is 8.88. The molecule has 0 aromatic heterocycles. The van der Waals surface area contributed by atoms with E-state index in [1.807, 2.05) is 6.92 Å². The first kappa shape index (κ1) is 55.7. The topological polar surface area (TPSA) is 333 Å². The number of hydrogen-bond donors (Lipinski definition) is 10. The molecule has 0 amide bonds. The Labute approximate surface area is 419 Å². The molecule has 7 fully saturated rings. The zero-order valence-electron chi connectivity index (χ0n) is 39.7. The molecule has 0 spiro atoms. The monoisotopic (exact) mass is 1000 g/mol. The molecule has 0 aromatic carbocycles. The predicted molar refractivity (Wildman–Crippen MR) is 226 cm³/mol. The third-order valence-electron chi connectivity index (χ3n) is 17.6. The first-order valence-electron chi connectivity index (χ1n) is 24.1. The van der Waals surface area contributed by atoms with Gasteiger partial charge in [0.1, 0.15) is 67.1 Å². The van der Waals surface area contributed by atoms with Gasteiger partial charge in [-0.25, -0.2) is 8.42 Å². The minimum absolute atomic E-state index is 0. The molecule has 0 aromatic rings. The standard InChI is InChI=1S/C45H74O21S.Na/c1-19(18-59-40-35(52)34(51)32(49)28(16-46)62-40)8-13-45(55)20(2)30-27(65-45)15-26-24-7-6-22-14-23(9-11-43(22,4)25(24)10-12-44(26,30)5)61-42-39(64-41-36(53)33(50)31(48)21(3)60-41)37(54)38(29(17-47)63-42)66-67(56,57)58;/h6,19-21,23-42,46-55H,7-18H2,1-5H3,(H,56,57,58);/q;+1/p-1/t19-,20+,21+,23+,24-,25+,26+,27+,28-,29-,30+,31+,32-,33-,34+,35-,36-,37+,38-,39-,40-,41+,42-,43+,44+,45-;/m1./s1. The Morgan fingerprint density at radius 1 is 0.809 bits per heavy atom. The van der Waals surface area contributed by atoms with E-state index in [0.717, 1.165) is 32.1 Å². The van der Waals surface area contributed by atoms with E-state index in [1.54, 1.807) is 0 Å². The molecule has 8 aliphatic rings. The van der Waals surface area contributed by atoms with Gasteiger partial charge in [-0.3, -0.25) is 4.18 Å². The second-order valence-corrected chi connectivity index (χ2v) is 22.5. The molecule has 4 saturated heterocycles. The number of ether oxygens (including phenoxy) is 7. The molecule has 10 N–H and O–H groups in total. The zero-order chi connectivity index (χ0) is 48.7. The fourth-order valence-corrected chi connectivity index (χ4v) is 14.3. The number of aliphatic hydroxyl groups excluding tert-OH is 9. The molecule has 386 valence electrons. The maximum atomic E-state index is 12.1. The Bertz CT molecular complexity index is 1870.